The highest BCUT2D eigenvalue weighted by molar-refractivity contribution is 9.10. The SMILES string of the molecule is O=C(CSc1nccc(N2CCN(c3ccccc3)CC2)n1)Nc1cccc(Br)c1. The third kappa shape index (κ3) is 5.52. The number of anilines is 3. The van der Waals surface area contributed by atoms with Gasteiger partial charge in [-0.25, -0.2) is 9.97 Å². The summed E-state index contributed by atoms with van der Waals surface area (Å²) in [7, 11) is 0. The zero-order valence-corrected chi connectivity index (χ0v) is 18.8. The molecule has 1 N–H and O–H groups in total. The second kappa shape index (κ2) is 9.95. The van der Waals surface area contributed by atoms with Crippen molar-refractivity contribution < 1.29 is 4.79 Å². The molecule has 2 heterocycles. The number of thioether (sulfide) groups is 1. The monoisotopic (exact) mass is 483 g/mol. The minimum Gasteiger partial charge on any atom is -0.368 e. The first-order chi connectivity index (χ1) is 14.7. The summed E-state index contributed by atoms with van der Waals surface area (Å²) in [5, 5.41) is 3.50. The summed E-state index contributed by atoms with van der Waals surface area (Å²) in [6.07, 6.45) is 1.76. The summed E-state index contributed by atoms with van der Waals surface area (Å²) in [5.74, 6) is 1.09. The first-order valence-electron chi connectivity index (χ1n) is 9.73. The van der Waals surface area contributed by atoms with Gasteiger partial charge in [0, 0.05) is 48.2 Å². The fourth-order valence-corrected chi connectivity index (χ4v) is 4.33. The van der Waals surface area contributed by atoms with Gasteiger partial charge in [0.2, 0.25) is 5.91 Å². The van der Waals surface area contributed by atoms with Crippen LogP contribution < -0.4 is 15.1 Å². The Kier molecular flexibility index (Phi) is 6.86. The van der Waals surface area contributed by atoms with Gasteiger partial charge in [-0.3, -0.25) is 4.79 Å². The smallest absolute Gasteiger partial charge is 0.234 e. The fourth-order valence-electron chi connectivity index (χ4n) is 3.30. The molecule has 8 heteroatoms. The van der Waals surface area contributed by atoms with Crippen molar-refractivity contribution in [1.29, 1.82) is 0 Å². The molecule has 1 aromatic heterocycles. The van der Waals surface area contributed by atoms with Gasteiger partial charge in [0.25, 0.3) is 0 Å². The Morgan fingerprint density at radius 1 is 1.00 bits per heavy atom. The van der Waals surface area contributed by atoms with Gasteiger partial charge in [0.15, 0.2) is 5.16 Å². The average Bonchev–Trinajstić information content (AvgIpc) is 2.79. The highest BCUT2D eigenvalue weighted by atomic mass is 79.9. The number of hydrogen-bond acceptors (Lipinski definition) is 6. The third-order valence-electron chi connectivity index (χ3n) is 4.78. The molecule has 0 atom stereocenters. The number of nitrogens with one attached hydrogen (secondary N) is 1. The van der Waals surface area contributed by atoms with Crippen molar-refractivity contribution in [2.24, 2.45) is 0 Å². The molecule has 2 aromatic carbocycles. The molecular formula is C22H22BrN5OS. The lowest BCUT2D eigenvalue weighted by Crippen LogP contribution is -2.46. The molecule has 0 spiro atoms. The van der Waals surface area contributed by atoms with Gasteiger partial charge in [0.1, 0.15) is 5.82 Å². The minimum atomic E-state index is -0.0800. The van der Waals surface area contributed by atoms with Crippen LogP contribution >= 0.6 is 27.7 Å². The number of piperazine rings is 1. The van der Waals surface area contributed by atoms with E-state index in [1.807, 2.05) is 36.4 Å². The van der Waals surface area contributed by atoms with Crippen molar-refractivity contribution in [3.05, 3.63) is 71.3 Å². The summed E-state index contributed by atoms with van der Waals surface area (Å²) in [4.78, 5) is 25.9. The van der Waals surface area contributed by atoms with E-state index in [0.717, 1.165) is 42.2 Å². The number of amides is 1. The second-order valence-corrected chi connectivity index (χ2v) is 8.71. The third-order valence-corrected chi connectivity index (χ3v) is 6.14. The predicted octanol–water partition coefficient (Wildman–Crippen LogP) is 4.30. The van der Waals surface area contributed by atoms with E-state index in [1.54, 1.807) is 6.20 Å². The van der Waals surface area contributed by atoms with Crippen LogP contribution in [0, 0.1) is 0 Å². The second-order valence-electron chi connectivity index (χ2n) is 6.85. The molecule has 154 valence electrons. The molecule has 1 fully saturated rings. The van der Waals surface area contributed by atoms with E-state index < -0.39 is 0 Å². The quantitative estimate of drug-likeness (QED) is 0.416. The van der Waals surface area contributed by atoms with Crippen LogP contribution in [0.1, 0.15) is 0 Å². The van der Waals surface area contributed by atoms with Crippen LogP contribution in [-0.4, -0.2) is 47.8 Å². The topological polar surface area (TPSA) is 61.4 Å². The maximum atomic E-state index is 12.2. The number of rotatable bonds is 6. The number of carbonyl (C=O) groups is 1. The molecule has 4 rings (SSSR count). The van der Waals surface area contributed by atoms with Gasteiger partial charge in [-0.05, 0) is 36.4 Å². The lowest BCUT2D eigenvalue weighted by Gasteiger charge is -2.36. The predicted molar refractivity (Wildman–Crippen MR) is 126 cm³/mol. The van der Waals surface area contributed by atoms with Crippen LogP contribution in [0.5, 0.6) is 0 Å². The van der Waals surface area contributed by atoms with E-state index in [2.05, 4.69) is 65.3 Å². The van der Waals surface area contributed by atoms with Gasteiger partial charge in [-0.1, -0.05) is 52.0 Å². The first-order valence-corrected chi connectivity index (χ1v) is 11.5. The summed E-state index contributed by atoms with van der Waals surface area (Å²) in [5.41, 5.74) is 2.02. The molecule has 1 aliphatic rings. The normalized spacial score (nSPS) is 13.9. The van der Waals surface area contributed by atoms with Crippen LogP contribution in [0.3, 0.4) is 0 Å². The van der Waals surface area contributed by atoms with E-state index in [9.17, 15) is 4.79 Å². The standard InChI is InChI=1S/C22H22BrN5OS/c23-17-5-4-6-18(15-17)25-21(29)16-30-22-24-10-9-20(26-22)28-13-11-27(12-14-28)19-7-2-1-3-8-19/h1-10,15H,11-14,16H2,(H,25,29). The summed E-state index contributed by atoms with van der Waals surface area (Å²) in [6, 6.07) is 19.9. The highest BCUT2D eigenvalue weighted by Gasteiger charge is 2.19. The lowest BCUT2D eigenvalue weighted by molar-refractivity contribution is -0.113. The van der Waals surface area contributed by atoms with Crippen LogP contribution in [-0.2, 0) is 4.79 Å². The summed E-state index contributed by atoms with van der Waals surface area (Å²) in [6.45, 7) is 3.70. The summed E-state index contributed by atoms with van der Waals surface area (Å²) < 4.78 is 0.927. The Balaban J connectivity index is 1.30. The number of aromatic nitrogens is 2. The molecule has 1 amide bonds. The number of nitrogens with zero attached hydrogens (tertiary/aromatic N) is 4. The van der Waals surface area contributed by atoms with E-state index >= 15 is 0 Å². The number of hydrogen-bond donors (Lipinski definition) is 1. The zero-order chi connectivity index (χ0) is 20.8. The van der Waals surface area contributed by atoms with Crippen LogP contribution in [0.2, 0.25) is 0 Å². The molecule has 0 bridgehead atoms. The van der Waals surface area contributed by atoms with Crippen molar-refractivity contribution in [2.75, 3.05) is 47.0 Å². The molecule has 0 unspecified atom stereocenters. The van der Waals surface area contributed by atoms with Gasteiger partial charge in [0.05, 0.1) is 5.75 Å². The van der Waals surface area contributed by atoms with Gasteiger partial charge in [-0.15, -0.1) is 0 Å². The van der Waals surface area contributed by atoms with E-state index in [-0.39, 0.29) is 11.7 Å². The van der Waals surface area contributed by atoms with Gasteiger partial charge in [-0.2, -0.15) is 0 Å². The van der Waals surface area contributed by atoms with E-state index in [1.165, 1.54) is 17.4 Å². The lowest BCUT2D eigenvalue weighted by atomic mass is 10.2. The molecular weight excluding hydrogens is 462 g/mol. The molecule has 30 heavy (non-hydrogen) atoms. The molecule has 6 nitrogen and oxygen atoms in total. The molecule has 3 aromatic rings. The molecule has 0 radical (unpaired) electrons. The molecule has 0 aliphatic carbocycles. The Hall–Kier alpha value is -2.58. The number of para-hydroxylation sites is 1. The Morgan fingerprint density at radius 2 is 1.77 bits per heavy atom. The van der Waals surface area contributed by atoms with Crippen molar-refractivity contribution in [3.63, 3.8) is 0 Å². The summed E-state index contributed by atoms with van der Waals surface area (Å²) >= 11 is 4.75. The number of halogens is 1. The number of benzene rings is 2. The van der Waals surface area contributed by atoms with Crippen molar-refractivity contribution in [2.45, 2.75) is 5.16 Å². The fraction of sp³-hybridized carbons (Fsp3) is 0.227. The van der Waals surface area contributed by atoms with Crippen LogP contribution in [0.4, 0.5) is 17.2 Å². The minimum absolute atomic E-state index is 0.0800. The molecule has 1 saturated heterocycles. The largest absolute Gasteiger partial charge is 0.368 e. The molecule has 1 aliphatic heterocycles. The maximum Gasteiger partial charge on any atom is 0.234 e. The van der Waals surface area contributed by atoms with Gasteiger partial charge >= 0.3 is 0 Å². The van der Waals surface area contributed by atoms with Crippen LogP contribution in [0.15, 0.2) is 76.5 Å². The molecule has 0 saturated carbocycles. The zero-order valence-electron chi connectivity index (χ0n) is 16.4. The van der Waals surface area contributed by atoms with Gasteiger partial charge < -0.3 is 15.1 Å². The Labute approximate surface area is 188 Å². The first kappa shape index (κ1) is 20.7. The van der Waals surface area contributed by atoms with E-state index in [4.69, 9.17) is 0 Å². The highest BCUT2D eigenvalue weighted by Crippen LogP contribution is 2.22. The van der Waals surface area contributed by atoms with Crippen molar-refractivity contribution in [1.82, 2.24) is 9.97 Å². The van der Waals surface area contributed by atoms with E-state index in [0.29, 0.717) is 5.16 Å². The van der Waals surface area contributed by atoms with Crippen molar-refractivity contribution in [3.8, 4) is 0 Å². The Bertz CT molecular complexity index is 996. The maximum absolute atomic E-state index is 12.2. The van der Waals surface area contributed by atoms with Crippen LogP contribution in [0.25, 0.3) is 0 Å². The average molecular weight is 484 g/mol. The Morgan fingerprint density at radius 3 is 2.53 bits per heavy atom. The number of carbonyl (C=O) groups excluding carboxylic acids is 1. The van der Waals surface area contributed by atoms with Crippen molar-refractivity contribution >= 4 is 50.8 Å².